The number of hydrogen-bond acceptors (Lipinski definition) is 4. The molecule has 2 aromatic rings. The molecule has 0 bridgehead atoms. The van der Waals surface area contributed by atoms with E-state index in [1.165, 1.54) is 21.9 Å². The maximum Gasteiger partial charge on any atom is 0.341 e. The van der Waals surface area contributed by atoms with E-state index in [0.29, 0.717) is 28.8 Å². The predicted octanol–water partition coefficient (Wildman–Crippen LogP) is 3.34. The number of carbonyl (C=O) groups is 1. The predicted molar refractivity (Wildman–Crippen MR) is 113 cm³/mol. The van der Waals surface area contributed by atoms with Crippen LogP contribution in [0.2, 0.25) is 0 Å². The SMILES string of the molecule is CN1CCC2=C(C1)CN(c1c(F)cc3c(=O)c(C(=O)O)cn([C@@H]4C[C@H]4F)c3c1Br)C2. The van der Waals surface area contributed by atoms with Gasteiger partial charge in [0.1, 0.15) is 17.6 Å². The molecule has 0 spiro atoms. The maximum atomic E-state index is 15.3. The Morgan fingerprint density at radius 1 is 1.27 bits per heavy atom. The minimum atomic E-state index is -1.41. The molecule has 1 N–H and O–H groups in total. The van der Waals surface area contributed by atoms with Crippen molar-refractivity contribution in [3.05, 3.63) is 49.5 Å². The first-order chi connectivity index (χ1) is 14.3. The molecular formula is C21H20BrF2N3O3. The highest BCUT2D eigenvalue weighted by atomic mass is 79.9. The van der Waals surface area contributed by atoms with Crippen LogP contribution in [0.5, 0.6) is 0 Å². The summed E-state index contributed by atoms with van der Waals surface area (Å²) in [6.45, 7) is 3.01. The van der Waals surface area contributed by atoms with Gasteiger partial charge in [-0.3, -0.25) is 4.79 Å². The van der Waals surface area contributed by atoms with Gasteiger partial charge in [0, 0.05) is 38.8 Å². The maximum absolute atomic E-state index is 15.3. The number of pyridine rings is 1. The van der Waals surface area contributed by atoms with Crippen LogP contribution >= 0.6 is 15.9 Å². The summed E-state index contributed by atoms with van der Waals surface area (Å²) in [7, 11) is 2.06. The fourth-order valence-electron chi connectivity index (χ4n) is 4.62. The first-order valence-electron chi connectivity index (χ1n) is 9.83. The van der Waals surface area contributed by atoms with E-state index >= 15 is 4.39 Å². The van der Waals surface area contributed by atoms with Gasteiger partial charge in [0.05, 0.1) is 27.1 Å². The standard InChI is InChI=1S/C21H20BrF2N3O3/c1-25-3-2-10-7-26(8-11(10)6-25)19-15(24)4-12-18(17(19)22)27(16-5-14(16)23)9-13(20(12)28)21(29)30/h4,9,14,16H,2-3,5-8H2,1H3,(H,29,30)/t14-,16-/m1/s1. The van der Waals surface area contributed by atoms with Gasteiger partial charge in [0.2, 0.25) is 5.43 Å². The third-order valence-corrected chi connectivity index (χ3v) is 7.04. The van der Waals surface area contributed by atoms with Crippen molar-refractivity contribution in [2.75, 3.05) is 38.1 Å². The summed E-state index contributed by atoms with van der Waals surface area (Å²) >= 11 is 3.48. The lowest BCUT2D eigenvalue weighted by molar-refractivity contribution is 0.0694. The summed E-state index contributed by atoms with van der Waals surface area (Å²) in [6, 6.07) is 0.541. The lowest BCUT2D eigenvalue weighted by atomic mass is 10.0. The fraction of sp³-hybridized carbons (Fsp3) is 0.429. The average molecular weight is 480 g/mol. The van der Waals surface area contributed by atoms with Crippen molar-refractivity contribution in [3.8, 4) is 0 Å². The number of halogens is 3. The second kappa shape index (κ2) is 6.88. The Labute approximate surface area is 179 Å². The van der Waals surface area contributed by atoms with E-state index < -0.39 is 35.0 Å². The number of hydrogen-bond donors (Lipinski definition) is 1. The Balaban J connectivity index is 1.68. The summed E-state index contributed by atoms with van der Waals surface area (Å²) in [5, 5.41) is 9.34. The summed E-state index contributed by atoms with van der Waals surface area (Å²) in [5.74, 6) is -2.01. The molecule has 0 radical (unpaired) electrons. The third kappa shape index (κ3) is 2.98. The van der Waals surface area contributed by atoms with Crippen LogP contribution in [-0.2, 0) is 0 Å². The van der Waals surface area contributed by atoms with Crippen LogP contribution in [0.1, 0.15) is 29.2 Å². The van der Waals surface area contributed by atoms with Crippen LogP contribution in [0.25, 0.3) is 10.9 Å². The van der Waals surface area contributed by atoms with E-state index in [2.05, 4.69) is 27.9 Å². The minimum Gasteiger partial charge on any atom is -0.477 e. The Hall–Kier alpha value is -2.26. The molecule has 0 amide bonds. The van der Waals surface area contributed by atoms with Crippen molar-refractivity contribution in [2.45, 2.75) is 25.1 Å². The van der Waals surface area contributed by atoms with Crippen LogP contribution in [0, 0.1) is 5.82 Å². The number of alkyl halides is 1. The Morgan fingerprint density at radius 3 is 2.63 bits per heavy atom. The van der Waals surface area contributed by atoms with Crippen molar-refractivity contribution in [1.82, 2.24) is 9.47 Å². The quantitative estimate of drug-likeness (QED) is 0.683. The molecule has 3 heterocycles. The van der Waals surface area contributed by atoms with E-state index in [4.69, 9.17) is 0 Å². The van der Waals surface area contributed by atoms with Gasteiger partial charge in [-0.2, -0.15) is 0 Å². The van der Waals surface area contributed by atoms with E-state index in [1.807, 2.05) is 4.90 Å². The highest BCUT2D eigenvalue weighted by molar-refractivity contribution is 9.10. The van der Waals surface area contributed by atoms with E-state index in [0.717, 1.165) is 25.6 Å². The average Bonchev–Trinajstić information content (AvgIpc) is 3.26. The van der Waals surface area contributed by atoms with Crippen LogP contribution in [-0.4, -0.2) is 59.9 Å². The lowest BCUT2D eigenvalue weighted by Crippen LogP contribution is -2.28. The normalized spacial score (nSPS) is 23.9. The van der Waals surface area contributed by atoms with Crippen molar-refractivity contribution in [1.29, 1.82) is 0 Å². The number of carboxylic acids is 1. The van der Waals surface area contributed by atoms with Gasteiger partial charge < -0.3 is 19.5 Å². The van der Waals surface area contributed by atoms with Gasteiger partial charge in [-0.15, -0.1) is 0 Å². The summed E-state index contributed by atoms with van der Waals surface area (Å²) in [6.07, 6.45) is 1.25. The molecule has 30 heavy (non-hydrogen) atoms. The largest absolute Gasteiger partial charge is 0.477 e. The Bertz CT molecular complexity index is 1190. The zero-order chi connectivity index (χ0) is 21.3. The molecule has 9 heteroatoms. The van der Waals surface area contributed by atoms with Crippen molar-refractivity contribution < 1.29 is 18.7 Å². The molecule has 2 aliphatic heterocycles. The van der Waals surface area contributed by atoms with Crippen molar-refractivity contribution in [3.63, 3.8) is 0 Å². The number of fused-ring (bicyclic) bond motifs is 1. The number of rotatable bonds is 3. The molecule has 1 aromatic carbocycles. The van der Waals surface area contributed by atoms with E-state index in [1.54, 1.807) is 0 Å². The van der Waals surface area contributed by atoms with Crippen molar-refractivity contribution >= 4 is 38.5 Å². The molecule has 6 nitrogen and oxygen atoms in total. The van der Waals surface area contributed by atoms with Gasteiger partial charge in [-0.25, -0.2) is 13.6 Å². The van der Waals surface area contributed by atoms with E-state index in [-0.39, 0.29) is 11.8 Å². The molecule has 3 aliphatic rings. The van der Waals surface area contributed by atoms with Crippen molar-refractivity contribution in [2.24, 2.45) is 0 Å². The summed E-state index contributed by atoms with van der Waals surface area (Å²) in [4.78, 5) is 28.4. The second-order valence-electron chi connectivity index (χ2n) is 8.37. The van der Waals surface area contributed by atoms with Gasteiger partial charge in [-0.1, -0.05) is 0 Å². The first-order valence-corrected chi connectivity index (χ1v) is 10.6. The van der Waals surface area contributed by atoms with E-state index in [9.17, 15) is 19.1 Å². The zero-order valence-electron chi connectivity index (χ0n) is 16.3. The molecule has 1 saturated carbocycles. The third-order valence-electron chi connectivity index (χ3n) is 6.29. The van der Waals surface area contributed by atoms with Gasteiger partial charge in [0.25, 0.3) is 0 Å². The number of benzene rings is 1. The Morgan fingerprint density at radius 2 is 1.97 bits per heavy atom. The topological polar surface area (TPSA) is 65.8 Å². The molecular weight excluding hydrogens is 460 g/mol. The zero-order valence-corrected chi connectivity index (χ0v) is 17.9. The van der Waals surface area contributed by atoms with Crippen LogP contribution in [0.15, 0.2) is 32.7 Å². The monoisotopic (exact) mass is 479 g/mol. The molecule has 1 fully saturated rings. The number of likely N-dealkylation sites (N-methyl/N-ethyl adjacent to an activating group) is 1. The number of aromatic carboxylic acids is 1. The number of carboxylic acid groups (broad SMARTS) is 1. The highest BCUT2D eigenvalue weighted by Gasteiger charge is 2.41. The molecule has 1 aromatic heterocycles. The van der Waals surface area contributed by atoms with Gasteiger partial charge >= 0.3 is 5.97 Å². The van der Waals surface area contributed by atoms with Gasteiger partial charge in [-0.05, 0) is 46.6 Å². The molecule has 158 valence electrons. The van der Waals surface area contributed by atoms with Crippen LogP contribution in [0.4, 0.5) is 14.5 Å². The van der Waals surface area contributed by atoms with Crippen LogP contribution in [0.3, 0.4) is 0 Å². The summed E-state index contributed by atoms with van der Waals surface area (Å²) < 4.78 is 31.0. The molecule has 0 unspecified atom stereocenters. The highest BCUT2D eigenvalue weighted by Crippen LogP contribution is 2.45. The van der Waals surface area contributed by atoms with Crippen LogP contribution < -0.4 is 10.3 Å². The lowest BCUT2D eigenvalue weighted by Gasteiger charge is -2.24. The number of aromatic nitrogens is 1. The summed E-state index contributed by atoms with van der Waals surface area (Å²) in [5.41, 5.74) is 2.00. The number of anilines is 1. The second-order valence-corrected chi connectivity index (χ2v) is 9.16. The number of nitrogens with zero attached hydrogens (tertiary/aromatic N) is 3. The fourth-order valence-corrected chi connectivity index (χ4v) is 5.48. The molecule has 1 aliphatic carbocycles. The molecule has 5 rings (SSSR count). The molecule has 2 atom stereocenters. The minimum absolute atomic E-state index is 0.0567. The first kappa shape index (κ1) is 19.7. The Kier molecular flexibility index (Phi) is 4.52. The smallest absolute Gasteiger partial charge is 0.341 e. The van der Waals surface area contributed by atoms with Gasteiger partial charge in [0.15, 0.2) is 0 Å². The molecule has 0 saturated heterocycles.